The van der Waals surface area contributed by atoms with E-state index in [4.69, 9.17) is 4.74 Å². The zero-order valence-corrected chi connectivity index (χ0v) is 12.8. The summed E-state index contributed by atoms with van der Waals surface area (Å²) in [7, 11) is 1.66. The zero-order valence-electron chi connectivity index (χ0n) is 12.8. The van der Waals surface area contributed by atoms with Crippen LogP contribution in [0.3, 0.4) is 0 Å². The van der Waals surface area contributed by atoms with Crippen molar-refractivity contribution in [3.05, 3.63) is 65.5 Å². The van der Waals surface area contributed by atoms with Gasteiger partial charge in [-0.25, -0.2) is 4.39 Å². The van der Waals surface area contributed by atoms with E-state index in [1.165, 1.54) is 11.6 Å². The highest BCUT2D eigenvalue weighted by molar-refractivity contribution is 5.29. The molecule has 0 saturated carbocycles. The summed E-state index contributed by atoms with van der Waals surface area (Å²) in [5.41, 5.74) is 1.94. The van der Waals surface area contributed by atoms with Gasteiger partial charge in [0.2, 0.25) is 0 Å². The maximum Gasteiger partial charge on any atom is 0.126 e. The second-order valence-electron chi connectivity index (χ2n) is 5.36. The maximum absolute atomic E-state index is 13.7. The Labute approximate surface area is 126 Å². The molecule has 21 heavy (non-hydrogen) atoms. The highest BCUT2D eigenvalue weighted by atomic mass is 19.1. The number of hydrogen-bond donors (Lipinski definition) is 1. The van der Waals surface area contributed by atoms with Gasteiger partial charge < -0.3 is 10.1 Å². The average Bonchev–Trinajstić information content (AvgIpc) is 2.49. The van der Waals surface area contributed by atoms with Crippen LogP contribution in [0.2, 0.25) is 0 Å². The van der Waals surface area contributed by atoms with E-state index in [0.717, 1.165) is 11.3 Å². The molecular formula is C18H22FNO. The van der Waals surface area contributed by atoms with Gasteiger partial charge in [-0.2, -0.15) is 0 Å². The molecular weight excluding hydrogens is 265 g/mol. The first kappa shape index (κ1) is 15.5. The molecule has 0 heterocycles. The van der Waals surface area contributed by atoms with Crippen molar-refractivity contribution < 1.29 is 9.13 Å². The Balaban J connectivity index is 1.95. The van der Waals surface area contributed by atoms with Crippen molar-refractivity contribution >= 4 is 0 Å². The summed E-state index contributed by atoms with van der Waals surface area (Å²) in [6, 6.07) is 15.3. The van der Waals surface area contributed by atoms with Crippen molar-refractivity contribution in [2.45, 2.75) is 32.4 Å². The minimum absolute atomic E-state index is 0.136. The third kappa shape index (κ3) is 4.30. The van der Waals surface area contributed by atoms with Crippen LogP contribution in [0.1, 0.15) is 31.0 Å². The van der Waals surface area contributed by atoms with Crippen LogP contribution in [0.15, 0.2) is 48.5 Å². The summed E-state index contributed by atoms with van der Waals surface area (Å²) in [5, 5.41) is 3.50. The molecule has 2 nitrogen and oxygen atoms in total. The van der Waals surface area contributed by atoms with E-state index in [1.807, 2.05) is 36.4 Å². The Morgan fingerprint density at radius 1 is 1.05 bits per heavy atom. The van der Waals surface area contributed by atoms with Crippen LogP contribution in [-0.2, 0) is 6.42 Å². The lowest BCUT2D eigenvalue weighted by Crippen LogP contribution is -2.31. The first-order chi connectivity index (χ1) is 10.1. The number of rotatable bonds is 6. The van der Waals surface area contributed by atoms with Gasteiger partial charge in [-0.15, -0.1) is 0 Å². The third-order valence-corrected chi connectivity index (χ3v) is 3.63. The van der Waals surface area contributed by atoms with Crippen molar-refractivity contribution in [3.63, 3.8) is 0 Å². The van der Waals surface area contributed by atoms with Gasteiger partial charge in [0.25, 0.3) is 0 Å². The summed E-state index contributed by atoms with van der Waals surface area (Å²) in [6.45, 7) is 4.19. The monoisotopic (exact) mass is 287 g/mol. The minimum Gasteiger partial charge on any atom is -0.497 e. The van der Waals surface area contributed by atoms with Gasteiger partial charge in [0.1, 0.15) is 11.6 Å². The predicted molar refractivity (Wildman–Crippen MR) is 84.1 cm³/mol. The van der Waals surface area contributed by atoms with E-state index in [1.54, 1.807) is 13.2 Å². The Kier molecular flexibility index (Phi) is 5.34. The number of hydrogen-bond acceptors (Lipinski definition) is 2. The van der Waals surface area contributed by atoms with Crippen LogP contribution in [-0.4, -0.2) is 13.2 Å². The van der Waals surface area contributed by atoms with Crippen LogP contribution < -0.4 is 10.1 Å². The van der Waals surface area contributed by atoms with E-state index in [2.05, 4.69) is 19.2 Å². The SMILES string of the molecule is COc1ccc([C@H](C)NC(C)Cc2ccccc2F)cc1. The second kappa shape index (κ2) is 7.23. The normalized spacial score (nSPS) is 13.7. The van der Waals surface area contributed by atoms with Crippen molar-refractivity contribution in [1.29, 1.82) is 0 Å². The van der Waals surface area contributed by atoms with Crippen molar-refractivity contribution in [2.75, 3.05) is 7.11 Å². The van der Waals surface area contributed by atoms with Gasteiger partial charge in [0, 0.05) is 12.1 Å². The van der Waals surface area contributed by atoms with Gasteiger partial charge in [0.05, 0.1) is 7.11 Å². The first-order valence-corrected chi connectivity index (χ1v) is 7.23. The molecule has 2 aromatic rings. The molecule has 2 rings (SSSR count). The van der Waals surface area contributed by atoms with Gasteiger partial charge in [-0.05, 0) is 49.6 Å². The molecule has 0 saturated heterocycles. The summed E-state index contributed by atoms with van der Waals surface area (Å²) in [6.07, 6.45) is 0.674. The molecule has 0 aromatic heterocycles. The molecule has 0 aliphatic carbocycles. The fourth-order valence-electron chi connectivity index (χ4n) is 2.47. The van der Waals surface area contributed by atoms with Gasteiger partial charge in [-0.3, -0.25) is 0 Å². The summed E-state index contributed by atoms with van der Waals surface area (Å²) >= 11 is 0. The largest absolute Gasteiger partial charge is 0.497 e. The minimum atomic E-state index is -0.136. The molecule has 0 aliphatic rings. The fraction of sp³-hybridized carbons (Fsp3) is 0.333. The lowest BCUT2D eigenvalue weighted by Gasteiger charge is -2.21. The first-order valence-electron chi connectivity index (χ1n) is 7.23. The summed E-state index contributed by atoms with van der Waals surface area (Å²) in [5.74, 6) is 0.716. The van der Waals surface area contributed by atoms with Crippen molar-refractivity contribution in [2.24, 2.45) is 0 Å². The van der Waals surface area contributed by atoms with E-state index >= 15 is 0 Å². The highest BCUT2D eigenvalue weighted by Gasteiger charge is 2.12. The number of ether oxygens (including phenoxy) is 1. The molecule has 2 aromatic carbocycles. The van der Waals surface area contributed by atoms with Gasteiger partial charge >= 0.3 is 0 Å². The van der Waals surface area contributed by atoms with Crippen molar-refractivity contribution in [3.8, 4) is 5.75 Å². The number of nitrogens with one attached hydrogen (secondary N) is 1. The summed E-state index contributed by atoms with van der Waals surface area (Å²) < 4.78 is 18.8. The van der Waals surface area contributed by atoms with E-state index < -0.39 is 0 Å². The molecule has 0 fully saturated rings. The van der Waals surface area contributed by atoms with Crippen LogP contribution >= 0.6 is 0 Å². The smallest absolute Gasteiger partial charge is 0.126 e. The predicted octanol–water partition coefficient (Wildman–Crippen LogP) is 4.12. The Morgan fingerprint density at radius 2 is 1.71 bits per heavy atom. The molecule has 0 radical (unpaired) electrons. The molecule has 1 unspecified atom stereocenters. The molecule has 3 heteroatoms. The van der Waals surface area contributed by atoms with E-state index in [0.29, 0.717) is 6.42 Å². The average molecular weight is 287 g/mol. The lowest BCUT2D eigenvalue weighted by atomic mass is 10.0. The molecule has 0 bridgehead atoms. The maximum atomic E-state index is 13.7. The quantitative estimate of drug-likeness (QED) is 0.863. The van der Waals surface area contributed by atoms with Crippen LogP contribution in [0.25, 0.3) is 0 Å². The molecule has 1 N–H and O–H groups in total. The van der Waals surface area contributed by atoms with Crippen LogP contribution in [0.5, 0.6) is 5.75 Å². The summed E-state index contributed by atoms with van der Waals surface area (Å²) in [4.78, 5) is 0. The van der Waals surface area contributed by atoms with Crippen molar-refractivity contribution in [1.82, 2.24) is 5.32 Å². The second-order valence-corrected chi connectivity index (χ2v) is 5.36. The Morgan fingerprint density at radius 3 is 2.33 bits per heavy atom. The molecule has 2 atom stereocenters. The number of halogens is 1. The molecule has 0 aliphatic heterocycles. The lowest BCUT2D eigenvalue weighted by molar-refractivity contribution is 0.414. The number of methoxy groups -OCH3 is 1. The van der Waals surface area contributed by atoms with Crippen LogP contribution in [0.4, 0.5) is 4.39 Å². The third-order valence-electron chi connectivity index (χ3n) is 3.63. The molecule has 0 spiro atoms. The standard InChI is InChI=1S/C18H22FNO/c1-13(12-16-6-4-5-7-18(16)19)20-14(2)15-8-10-17(21-3)11-9-15/h4-11,13-14,20H,12H2,1-3H3/t13?,14-/m0/s1. The Hall–Kier alpha value is -1.87. The topological polar surface area (TPSA) is 21.3 Å². The van der Waals surface area contributed by atoms with Gasteiger partial charge in [-0.1, -0.05) is 30.3 Å². The highest BCUT2D eigenvalue weighted by Crippen LogP contribution is 2.18. The molecule has 0 amide bonds. The van der Waals surface area contributed by atoms with Crippen LogP contribution in [0, 0.1) is 5.82 Å². The Bertz CT molecular complexity index is 568. The zero-order chi connectivity index (χ0) is 15.2. The van der Waals surface area contributed by atoms with E-state index in [-0.39, 0.29) is 17.9 Å². The van der Waals surface area contributed by atoms with Gasteiger partial charge in [0.15, 0.2) is 0 Å². The van der Waals surface area contributed by atoms with E-state index in [9.17, 15) is 4.39 Å². The molecule has 112 valence electrons. The fourth-order valence-corrected chi connectivity index (χ4v) is 2.47. The number of benzene rings is 2.